The lowest BCUT2D eigenvalue weighted by Gasteiger charge is -2.26. The van der Waals surface area contributed by atoms with E-state index in [0.29, 0.717) is 0 Å². The second-order valence-electron chi connectivity index (χ2n) is 3.28. The highest BCUT2D eigenvalue weighted by molar-refractivity contribution is 5.83. The van der Waals surface area contributed by atoms with Crippen LogP contribution < -0.4 is 4.90 Å². The number of carbonyl (C=O) groups is 1. The Morgan fingerprint density at radius 3 is 2.25 bits per heavy atom. The molecule has 0 saturated heterocycles. The Kier molecular flexibility index (Phi) is 3.93. The number of benzene rings is 1. The van der Waals surface area contributed by atoms with Crippen molar-refractivity contribution in [3.63, 3.8) is 0 Å². The Bertz CT molecular complexity index is 348. The molecule has 1 aromatic carbocycles. The van der Waals surface area contributed by atoms with Gasteiger partial charge in [-0.25, -0.2) is 0 Å². The minimum atomic E-state index is -4.54. The Balaban J connectivity index is 2.93. The molecule has 0 aliphatic carbocycles. The summed E-state index contributed by atoms with van der Waals surface area (Å²) < 4.78 is 38.0. The lowest BCUT2D eigenvalue weighted by atomic mass is 10.2. The van der Waals surface area contributed by atoms with Gasteiger partial charge in [0.05, 0.1) is 6.54 Å². The van der Waals surface area contributed by atoms with Crippen molar-refractivity contribution in [2.75, 3.05) is 11.4 Å². The fourth-order valence-electron chi connectivity index (χ4n) is 1.22. The van der Waals surface area contributed by atoms with Gasteiger partial charge in [-0.05, 0) is 12.1 Å². The molecule has 1 aromatic rings. The summed E-state index contributed by atoms with van der Waals surface area (Å²) in [5.74, 6) is -0.443. The highest BCUT2D eigenvalue weighted by Crippen LogP contribution is 2.27. The predicted octanol–water partition coefficient (Wildman–Crippen LogP) is 2.99. The van der Waals surface area contributed by atoms with Crippen LogP contribution in [0.5, 0.6) is 0 Å². The van der Waals surface area contributed by atoms with Gasteiger partial charge >= 0.3 is 6.30 Å². The topological polar surface area (TPSA) is 20.3 Å². The van der Waals surface area contributed by atoms with Crippen molar-refractivity contribution < 1.29 is 18.0 Å². The van der Waals surface area contributed by atoms with Gasteiger partial charge in [0.1, 0.15) is 0 Å². The third-order valence-electron chi connectivity index (χ3n) is 2.10. The van der Waals surface area contributed by atoms with E-state index >= 15 is 0 Å². The van der Waals surface area contributed by atoms with Crippen LogP contribution in [0.3, 0.4) is 0 Å². The quantitative estimate of drug-likeness (QED) is 0.742. The van der Waals surface area contributed by atoms with Crippen LogP contribution in [0.15, 0.2) is 30.3 Å². The number of halogens is 3. The average Bonchev–Trinajstić information content (AvgIpc) is 2.25. The number of para-hydroxylation sites is 1. The van der Waals surface area contributed by atoms with Crippen LogP contribution in [0, 0.1) is 0 Å². The monoisotopic (exact) mass is 231 g/mol. The highest BCUT2D eigenvalue weighted by atomic mass is 19.4. The standard InChI is InChI=1S/C11H12F3NO/c1-2-10(16)8-15(11(12,13)14)9-6-4-3-5-7-9/h3-7H,2,8H2,1H3. The molecule has 0 heterocycles. The SMILES string of the molecule is CCC(=O)CN(c1ccccc1)C(F)(F)F. The van der Waals surface area contributed by atoms with Gasteiger partial charge in [-0.3, -0.25) is 9.69 Å². The molecule has 16 heavy (non-hydrogen) atoms. The zero-order valence-corrected chi connectivity index (χ0v) is 8.79. The van der Waals surface area contributed by atoms with Crippen LogP contribution >= 0.6 is 0 Å². The molecular weight excluding hydrogens is 219 g/mol. The Morgan fingerprint density at radius 1 is 1.25 bits per heavy atom. The van der Waals surface area contributed by atoms with E-state index in [1.165, 1.54) is 24.3 Å². The summed E-state index contributed by atoms with van der Waals surface area (Å²) >= 11 is 0. The summed E-state index contributed by atoms with van der Waals surface area (Å²) in [7, 11) is 0. The van der Waals surface area contributed by atoms with Crippen LogP contribution in [0.2, 0.25) is 0 Å². The second kappa shape index (κ2) is 5.01. The zero-order chi connectivity index (χ0) is 12.2. The summed E-state index contributed by atoms with van der Waals surface area (Å²) in [6.07, 6.45) is -4.44. The molecule has 0 fully saturated rings. The average molecular weight is 231 g/mol. The molecule has 5 heteroatoms. The van der Waals surface area contributed by atoms with Gasteiger partial charge in [-0.1, -0.05) is 25.1 Å². The second-order valence-corrected chi connectivity index (χ2v) is 3.28. The van der Waals surface area contributed by atoms with Gasteiger partial charge in [0.2, 0.25) is 0 Å². The molecule has 0 radical (unpaired) electrons. The number of ketones is 1. The summed E-state index contributed by atoms with van der Waals surface area (Å²) in [5, 5.41) is 0. The zero-order valence-electron chi connectivity index (χ0n) is 8.79. The van der Waals surface area contributed by atoms with E-state index in [4.69, 9.17) is 0 Å². The maximum absolute atomic E-state index is 12.7. The molecular formula is C11H12F3NO. The Hall–Kier alpha value is -1.52. The highest BCUT2D eigenvalue weighted by Gasteiger charge is 2.38. The van der Waals surface area contributed by atoms with Crippen LogP contribution in [-0.2, 0) is 4.79 Å². The number of alkyl halides is 3. The fraction of sp³-hybridized carbons (Fsp3) is 0.364. The number of carbonyl (C=O) groups excluding carboxylic acids is 1. The van der Waals surface area contributed by atoms with Gasteiger partial charge < -0.3 is 0 Å². The lowest BCUT2D eigenvalue weighted by Crippen LogP contribution is -2.41. The number of hydrogen-bond donors (Lipinski definition) is 0. The van der Waals surface area contributed by atoms with Gasteiger partial charge in [0.15, 0.2) is 5.78 Å². The summed E-state index contributed by atoms with van der Waals surface area (Å²) in [6.45, 7) is 0.909. The molecule has 0 aromatic heterocycles. The third-order valence-corrected chi connectivity index (χ3v) is 2.10. The number of rotatable bonds is 4. The van der Waals surface area contributed by atoms with Crippen molar-refractivity contribution in [3.05, 3.63) is 30.3 Å². The molecule has 2 nitrogen and oxygen atoms in total. The van der Waals surface area contributed by atoms with E-state index in [1.54, 1.807) is 13.0 Å². The number of nitrogens with zero attached hydrogens (tertiary/aromatic N) is 1. The molecule has 0 spiro atoms. The van der Waals surface area contributed by atoms with Crippen molar-refractivity contribution in [1.82, 2.24) is 0 Å². The van der Waals surface area contributed by atoms with Crippen molar-refractivity contribution in [1.29, 1.82) is 0 Å². The maximum Gasteiger partial charge on any atom is 0.485 e. The summed E-state index contributed by atoms with van der Waals surface area (Å²) in [6, 6.07) is 7.29. The van der Waals surface area contributed by atoms with E-state index in [9.17, 15) is 18.0 Å². The first-order valence-electron chi connectivity index (χ1n) is 4.86. The molecule has 0 unspecified atom stereocenters. The van der Waals surface area contributed by atoms with Crippen LogP contribution in [0.1, 0.15) is 13.3 Å². The normalized spacial score (nSPS) is 11.2. The summed E-state index contributed by atoms with van der Waals surface area (Å²) in [5.41, 5.74) is -0.0169. The molecule has 1 rings (SSSR count). The molecule has 0 amide bonds. The van der Waals surface area contributed by atoms with Crippen LogP contribution in [-0.4, -0.2) is 18.6 Å². The smallest absolute Gasteiger partial charge is 0.298 e. The van der Waals surface area contributed by atoms with Crippen LogP contribution in [0.4, 0.5) is 18.9 Å². The van der Waals surface area contributed by atoms with Crippen LogP contribution in [0.25, 0.3) is 0 Å². The first-order chi connectivity index (χ1) is 7.45. The van der Waals surface area contributed by atoms with Crippen molar-refractivity contribution >= 4 is 11.5 Å². The molecule has 0 atom stereocenters. The number of Topliss-reactive ketones (excluding diaryl/α,β-unsaturated/α-hetero) is 1. The maximum atomic E-state index is 12.7. The molecule has 0 aliphatic rings. The van der Waals surface area contributed by atoms with Crippen molar-refractivity contribution in [2.24, 2.45) is 0 Å². The largest absolute Gasteiger partial charge is 0.485 e. The molecule has 0 bridgehead atoms. The predicted molar refractivity (Wildman–Crippen MR) is 55.1 cm³/mol. The minimum absolute atomic E-state index is 0.0169. The van der Waals surface area contributed by atoms with E-state index in [2.05, 4.69) is 0 Å². The number of anilines is 1. The third kappa shape index (κ3) is 3.25. The Morgan fingerprint density at radius 2 is 1.81 bits per heavy atom. The van der Waals surface area contributed by atoms with E-state index in [-0.39, 0.29) is 17.0 Å². The minimum Gasteiger partial charge on any atom is -0.298 e. The van der Waals surface area contributed by atoms with Gasteiger partial charge in [-0.15, -0.1) is 0 Å². The summed E-state index contributed by atoms with van der Waals surface area (Å²) in [4.78, 5) is 11.3. The molecule has 0 saturated carbocycles. The van der Waals surface area contributed by atoms with Crippen molar-refractivity contribution in [2.45, 2.75) is 19.6 Å². The van der Waals surface area contributed by atoms with E-state index in [0.717, 1.165) is 0 Å². The number of hydrogen-bond acceptors (Lipinski definition) is 2. The van der Waals surface area contributed by atoms with Gasteiger partial charge in [0, 0.05) is 12.1 Å². The molecule has 88 valence electrons. The lowest BCUT2D eigenvalue weighted by molar-refractivity contribution is -0.137. The molecule has 0 N–H and O–H groups in total. The first-order valence-corrected chi connectivity index (χ1v) is 4.86. The van der Waals surface area contributed by atoms with E-state index in [1.807, 2.05) is 0 Å². The van der Waals surface area contributed by atoms with Gasteiger partial charge in [-0.2, -0.15) is 13.2 Å². The van der Waals surface area contributed by atoms with Gasteiger partial charge in [0.25, 0.3) is 0 Å². The van der Waals surface area contributed by atoms with Crippen molar-refractivity contribution in [3.8, 4) is 0 Å². The first kappa shape index (κ1) is 12.5. The van der Waals surface area contributed by atoms with E-state index < -0.39 is 18.6 Å². The fourth-order valence-corrected chi connectivity index (χ4v) is 1.22. The Labute approximate surface area is 91.7 Å². The molecule has 0 aliphatic heterocycles.